The van der Waals surface area contributed by atoms with Crippen LogP contribution in [0, 0.1) is 5.82 Å². The Kier molecular flexibility index (Phi) is 15.7. The zero-order chi connectivity index (χ0) is 45.9. The van der Waals surface area contributed by atoms with Crippen LogP contribution < -0.4 is 26.0 Å². The van der Waals surface area contributed by atoms with E-state index in [0.29, 0.717) is 49.9 Å². The van der Waals surface area contributed by atoms with E-state index in [9.17, 15) is 23.6 Å². The molecule has 18 heteroatoms. The van der Waals surface area contributed by atoms with Crippen molar-refractivity contribution >= 4 is 63.2 Å². The number of unbranched alkanes of at least 4 members (excludes halogenated alkanes) is 6. The number of imide groups is 1. The molecule has 4 N–H and O–H groups in total. The number of nitrogens with zero attached hydrogens (tertiary/aromatic N) is 6. The lowest BCUT2D eigenvalue weighted by Gasteiger charge is -2.38. The van der Waals surface area contributed by atoms with Gasteiger partial charge in [0.1, 0.15) is 11.9 Å². The molecule has 0 spiro atoms. The quantitative estimate of drug-likeness (QED) is 0.0387. The number of hydrogen-bond donors (Lipinski definition) is 4. The highest BCUT2D eigenvalue weighted by Crippen LogP contribution is 2.43. The molecule has 0 radical (unpaired) electrons. The Morgan fingerprint density at radius 1 is 0.970 bits per heavy atom. The summed E-state index contributed by atoms with van der Waals surface area (Å²) in [6.07, 6.45) is 15.6. The van der Waals surface area contributed by atoms with E-state index in [2.05, 4.69) is 37.7 Å². The monoisotopic (exact) mass is 938 g/mol. The highest BCUT2D eigenvalue weighted by atomic mass is 35.5. The normalized spacial score (nSPS) is 19.4. The number of amides is 4. The molecule has 66 heavy (non-hydrogen) atoms. The predicted molar refractivity (Wildman–Crippen MR) is 250 cm³/mol. The minimum absolute atomic E-state index is 0.0473. The Balaban J connectivity index is 0.720. The van der Waals surface area contributed by atoms with E-state index in [4.69, 9.17) is 26.4 Å². The van der Waals surface area contributed by atoms with Gasteiger partial charge in [-0.1, -0.05) is 61.1 Å². The predicted octanol–water partition coefficient (Wildman–Crippen LogP) is 8.28. The molecule has 1 aliphatic carbocycles. The van der Waals surface area contributed by atoms with E-state index < -0.39 is 17.8 Å². The average Bonchev–Trinajstić information content (AvgIpc) is 4.08. The van der Waals surface area contributed by atoms with Gasteiger partial charge in [-0.05, 0) is 99.5 Å². The average molecular weight is 940 g/mol. The van der Waals surface area contributed by atoms with Crippen molar-refractivity contribution in [2.24, 2.45) is 0 Å². The van der Waals surface area contributed by atoms with Gasteiger partial charge in [-0.3, -0.25) is 29.2 Å². The molecule has 0 bridgehead atoms. The number of ether oxygens (including phenoxy) is 1. The van der Waals surface area contributed by atoms with E-state index >= 15 is 0 Å². The Bertz CT molecular complexity index is 2480. The molecule has 3 aromatic heterocycles. The molecule has 5 aromatic rings. The zero-order valence-corrected chi connectivity index (χ0v) is 38.5. The van der Waals surface area contributed by atoms with Crippen LogP contribution >= 0.6 is 22.9 Å². The number of hydrogen-bond acceptors (Lipinski definition) is 12. The molecule has 8 rings (SSSR count). The van der Waals surface area contributed by atoms with Crippen LogP contribution in [-0.2, 0) is 39.3 Å². The third kappa shape index (κ3) is 12.0. The minimum atomic E-state index is -0.668. The molecule has 15 nitrogen and oxygen atoms in total. The number of anilines is 3. The van der Waals surface area contributed by atoms with Crippen molar-refractivity contribution in [3.63, 3.8) is 0 Å². The van der Waals surface area contributed by atoms with Gasteiger partial charge < -0.3 is 25.6 Å². The molecule has 1 saturated heterocycles. The molecular formula is C48H56ClFN10O5S. The second-order valence-electron chi connectivity index (χ2n) is 17.5. The summed E-state index contributed by atoms with van der Waals surface area (Å²) < 4.78 is 22.8. The van der Waals surface area contributed by atoms with E-state index in [0.717, 1.165) is 98.8 Å². The maximum atomic E-state index is 14.7. The molecule has 2 aromatic carbocycles. The minimum Gasteiger partial charge on any atom is -0.487 e. The fraction of sp³-hybridized carbons (Fsp3) is 0.458. The number of thiazole rings is 1. The molecule has 1 atom stereocenters. The summed E-state index contributed by atoms with van der Waals surface area (Å²) in [5.41, 5.74) is 3.45. The van der Waals surface area contributed by atoms with Gasteiger partial charge in [0.05, 0.1) is 23.4 Å². The van der Waals surface area contributed by atoms with Crippen LogP contribution in [0.3, 0.4) is 0 Å². The number of fused-ring (bicyclic) bond motifs is 1. The fourth-order valence-corrected chi connectivity index (χ4v) is 9.90. The first kappa shape index (κ1) is 46.7. The number of benzene rings is 2. The zero-order valence-electron chi connectivity index (χ0n) is 36.9. The van der Waals surface area contributed by atoms with Gasteiger partial charge in [-0.25, -0.2) is 14.4 Å². The van der Waals surface area contributed by atoms with E-state index in [1.807, 2.05) is 28.3 Å². The highest BCUT2D eigenvalue weighted by Gasteiger charge is 2.41. The SMILES string of the molecule is O=C1CCC(N2Cc3cc(NC(=O)CCCCCCCCCNCCn4cc([C@]5(Cc6cccc(Nc7nccs7)n6)CC[C@@H](Oc6cccc(Cl)c6F)CC5)nn4)ccc3C2=O)C(=O)N1. The van der Waals surface area contributed by atoms with Crippen molar-refractivity contribution < 1.29 is 28.3 Å². The van der Waals surface area contributed by atoms with Gasteiger partial charge in [0, 0.05) is 72.5 Å². The number of piperidine rings is 1. The van der Waals surface area contributed by atoms with Crippen molar-refractivity contribution in [1.29, 1.82) is 0 Å². The maximum absolute atomic E-state index is 14.7. The first-order valence-electron chi connectivity index (χ1n) is 23.0. The molecule has 2 aliphatic heterocycles. The molecule has 4 amide bonds. The van der Waals surface area contributed by atoms with Crippen LogP contribution in [0.15, 0.2) is 72.4 Å². The van der Waals surface area contributed by atoms with Crippen molar-refractivity contribution in [3.8, 4) is 5.75 Å². The lowest BCUT2D eigenvalue weighted by molar-refractivity contribution is -0.137. The van der Waals surface area contributed by atoms with Crippen molar-refractivity contribution in [2.75, 3.05) is 23.7 Å². The maximum Gasteiger partial charge on any atom is 0.255 e. The highest BCUT2D eigenvalue weighted by molar-refractivity contribution is 7.13. The number of nitrogens with one attached hydrogen (secondary N) is 4. The molecule has 2 fully saturated rings. The molecular weight excluding hydrogens is 883 g/mol. The summed E-state index contributed by atoms with van der Waals surface area (Å²) in [6, 6.07) is 15.4. The van der Waals surface area contributed by atoms with Crippen LogP contribution in [0.5, 0.6) is 5.75 Å². The smallest absolute Gasteiger partial charge is 0.255 e. The third-order valence-corrected chi connectivity index (χ3v) is 13.7. The second kappa shape index (κ2) is 22.1. The largest absolute Gasteiger partial charge is 0.487 e. The molecule has 348 valence electrons. The summed E-state index contributed by atoms with van der Waals surface area (Å²) >= 11 is 7.55. The number of rotatable bonds is 22. The Morgan fingerprint density at radius 2 is 1.77 bits per heavy atom. The van der Waals surface area contributed by atoms with Gasteiger partial charge in [-0.15, -0.1) is 16.4 Å². The lowest BCUT2D eigenvalue weighted by atomic mass is 9.68. The topological polar surface area (TPSA) is 185 Å². The number of pyridine rings is 1. The van der Waals surface area contributed by atoms with E-state index in [1.54, 1.807) is 36.5 Å². The summed E-state index contributed by atoms with van der Waals surface area (Å²) in [7, 11) is 0. The summed E-state index contributed by atoms with van der Waals surface area (Å²) in [5.74, 6) is -0.675. The fourth-order valence-electron chi connectivity index (χ4n) is 9.19. The lowest BCUT2D eigenvalue weighted by Crippen LogP contribution is -2.52. The number of halogens is 2. The van der Waals surface area contributed by atoms with Gasteiger partial charge in [0.2, 0.25) is 17.7 Å². The second-order valence-corrected chi connectivity index (χ2v) is 18.8. The van der Waals surface area contributed by atoms with Gasteiger partial charge >= 0.3 is 0 Å². The molecule has 1 saturated carbocycles. The Hall–Kier alpha value is -5.78. The van der Waals surface area contributed by atoms with Crippen LogP contribution in [0.4, 0.5) is 21.0 Å². The van der Waals surface area contributed by atoms with Crippen molar-refractivity contribution in [1.82, 2.24) is 40.5 Å². The van der Waals surface area contributed by atoms with Gasteiger partial charge in [0.25, 0.3) is 5.91 Å². The van der Waals surface area contributed by atoms with Crippen LogP contribution in [0.1, 0.15) is 117 Å². The van der Waals surface area contributed by atoms with E-state index in [1.165, 1.54) is 22.3 Å². The number of carbonyl (C=O) groups excluding carboxylic acids is 4. The third-order valence-electron chi connectivity index (χ3n) is 12.8. The van der Waals surface area contributed by atoms with Crippen molar-refractivity contribution in [2.45, 2.75) is 127 Å². The molecule has 1 unspecified atom stereocenters. The van der Waals surface area contributed by atoms with Gasteiger partial charge in [0.15, 0.2) is 16.7 Å². The number of aromatic nitrogens is 5. The summed E-state index contributed by atoms with van der Waals surface area (Å²) in [6.45, 7) is 2.65. The first-order valence-corrected chi connectivity index (χ1v) is 24.3. The molecule has 5 heterocycles. The molecule has 3 aliphatic rings. The van der Waals surface area contributed by atoms with E-state index in [-0.39, 0.29) is 53.0 Å². The Morgan fingerprint density at radius 3 is 2.58 bits per heavy atom. The van der Waals surface area contributed by atoms with Crippen LogP contribution in [0.25, 0.3) is 0 Å². The standard InChI is InChI=1S/C48H56ClFN10O5S/c49-37-11-9-12-39(44(37)50)65-35-19-21-48(22-20-35,29-34-10-8-13-41(53-34)55-47-52-25-27-66-47)40-31-59(58-57-40)26-24-51-23-7-5-3-1-2-4-6-14-42(61)54-33-15-16-36-32(28-33)30-60(46(36)64)38-17-18-43(62)56-45(38)63/h8-13,15-16,25,27-28,31,35,38,51H,1-7,14,17-24,26,29-30H2,(H,54,61)(H,52,53,55)(H,56,62,63)/t35-,38?,48-. The van der Waals surface area contributed by atoms with Crippen LogP contribution in [0.2, 0.25) is 5.02 Å². The summed E-state index contributed by atoms with van der Waals surface area (Å²) in [5, 5.41) is 24.1. The van der Waals surface area contributed by atoms with Crippen LogP contribution in [-0.4, -0.2) is 78.7 Å². The van der Waals surface area contributed by atoms with Gasteiger partial charge in [-0.2, -0.15) is 0 Å². The Labute approximate surface area is 392 Å². The summed E-state index contributed by atoms with van der Waals surface area (Å²) in [4.78, 5) is 60.3. The van der Waals surface area contributed by atoms with Crippen molar-refractivity contribution in [3.05, 3.63) is 106 Å². The first-order chi connectivity index (χ1) is 32.1. The number of carbonyl (C=O) groups is 4.